The zero-order valence-corrected chi connectivity index (χ0v) is 51.2. The molecule has 0 aliphatic rings. The lowest BCUT2D eigenvalue weighted by molar-refractivity contribution is -0.870. The number of unbranched alkanes of at least 4 members (excludes halogenated alkanes) is 19. The Kier molecular flexibility index (Phi) is 55.0. The van der Waals surface area contributed by atoms with Crippen molar-refractivity contribution in [3.63, 3.8) is 0 Å². The van der Waals surface area contributed by atoms with E-state index in [1.54, 1.807) is 0 Å². The van der Waals surface area contributed by atoms with E-state index in [2.05, 4.69) is 148 Å². The molecule has 0 rings (SSSR count). The molecule has 0 aromatic rings. The average Bonchev–Trinajstić information content (AvgIpc) is 3.40. The summed E-state index contributed by atoms with van der Waals surface area (Å²) in [5.41, 5.74) is 0. The van der Waals surface area contributed by atoms with Crippen LogP contribution in [0, 0.1) is 0 Å². The van der Waals surface area contributed by atoms with Crippen LogP contribution in [0.3, 0.4) is 0 Å². The lowest BCUT2D eigenvalue weighted by atomic mass is 10.0. The number of rotatable bonds is 55. The van der Waals surface area contributed by atoms with E-state index in [-0.39, 0.29) is 26.1 Å². The monoisotopic (exact) mass is 1100 g/mol. The summed E-state index contributed by atoms with van der Waals surface area (Å²) >= 11 is 0. The smallest absolute Gasteiger partial charge is 0.306 e. The molecule has 0 aliphatic heterocycles. The molecule has 0 heterocycles. The van der Waals surface area contributed by atoms with Crippen LogP contribution < -0.4 is 4.89 Å². The van der Waals surface area contributed by atoms with Crippen molar-refractivity contribution in [1.29, 1.82) is 0 Å². The summed E-state index contributed by atoms with van der Waals surface area (Å²) in [4.78, 5) is 37.9. The van der Waals surface area contributed by atoms with E-state index in [1.165, 1.54) is 89.9 Å². The highest BCUT2D eigenvalue weighted by molar-refractivity contribution is 7.45. The molecule has 0 saturated heterocycles. The minimum Gasteiger partial charge on any atom is -0.756 e. The Balaban J connectivity index is 4.20. The lowest BCUT2D eigenvalue weighted by Crippen LogP contribution is -2.37. The van der Waals surface area contributed by atoms with Crippen molar-refractivity contribution in [3.8, 4) is 0 Å². The van der Waals surface area contributed by atoms with Gasteiger partial charge in [0, 0.05) is 12.8 Å². The second-order valence-corrected chi connectivity index (χ2v) is 22.7. The number of hydrogen-bond donors (Lipinski definition) is 0. The summed E-state index contributed by atoms with van der Waals surface area (Å²) in [6, 6.07) is 0. The highest BCUT2D eigenvalue weighted by Gasteiger charge is 2.21. The van der Waals surface area contributed by atoms with E-state index < -0.39 is 32.5 Å². The van der Waals surface area contributed by atoms with Gasteiger partial charge in [0.1, 0.15) is 19.8 Å². The van der Waals surface area contributed by atoms with Gasteiger partial charge in [-0.05, 0) is 109 Å². The minimum absolute atomic E-state index is 0.0444. The van der Waals surface area contributed by atoms with E-state index in [9.17, 15) is 19.0 Å². The quantitative estimate of drug-likeness (QED) is 0.0195. The Labute approximate surface area is 479 Å². The third-order valence-corrected chi connectivity index (χ3v) is 13.6. The zero-order chi connectivity index (χ0) is 57.0. The van der Waals surface area contributed by atoms with E-state index >= 15 is 0 Å². The standard InChI is InChI=1S/C68H114NO8P/c1-6-8-10-12-14-16-18-20-22-24-26-28-30-32-33-34-35-37-38-40-42-44-46-48-50-52-54-56-58-60-67(70)74-64-66(65-76-78(72,73)75-63-62-69(3,4)5)77-68(71)61-59-57-55-53-51-49-47-45-43-41-39-36-31-29-27-25-23-21-19-17-15-13-11-9-7-2/h8-11,14-17,20-23,26-29,36,39,43,45,49,51,66H,6-7,12-13,18-19,24-25,30-35,37-38,40-42,44,46-48,50,52-65H2,1-5H3/b10-8-,11-9-,16-14-,17-15-,22-20-,23-21-,28-26-,29-27-,39-36-,45-43-,51-49-. The molecule has 0 N–H and O–H groups in total. The van der Waals surface area contributed by atoms with Crippen molar-refractivity contribution >= 4 is 19.8 Å². The number of phosphoric ester groups is 1. The number of hydrogen-bond acceptors (Lipinski definition) is 8. The highest BCUT2D eigenvalue weighted by atomic mass is 31.2. The fourth-order valence-electron chi connectivity index (χ4n) is 7.98. The highest BCUT2D eigenvalue weighted by Crippen LogP contribution is 2.38. The fraction of sp³-hybridized carbons (Fsp3) is 0.647. The van der Waals surface area contributed by atoms with E-state index in [4.69, 9.17) is 18.5 Å². The van der Waals surface area contributed by atoms with Crippen molar-refractivity contribution in [3.05, 3.63) is 134 Å². The molecule has 0 saturated carbocycles. The first-order chi connectivity index (χ1) is 38.0. The van der Waals surface area contributed by atoms with Gasteiger partial charge >= 0.3 is 11.9 Å². The third kappa shape index (κ3) is 61.4. The first kappa shape index (κ1) is 74.2. The first-order valence-corrected chi connectivity index (χ1v) is 32.4. The Hall–Kier alpha value is -3.85. The average molecular weight is 1100 g/mol. The second-order valence-electron chi connectivity index (χ2n) is 21.3. The van der Waals surface area contributed by atoms with E-state index in [0.717, 1.165) is 109 Å². The van der Waals surface area contributed by atoms with Crippen LogP contribution in [0.5, 0.6) is 0 Å². The Morgan fingerprint density at radius 1 is 0.397 bits per heavy atom. The third-order valence-electron chi connectivity index (χ3n) is 12.7. The molecular weight excluding hydrogens is 990 g/mol. The van der Waals surface area contributed by atoms with Gasteiger partial charge in [-0.2, -0.15) is 0 Å². The zero-order valence-electron chi connectivity index (χ0n) is 50.3. The van der Waals surface area contributed by atoms with E-state index in [1.807, 2.05) is 21.1 Å². The van der Waals surface area contributed by atoms with Gasteiger partial charge in [0.25, 0.3) is 7.82 Å². The minimum atomic E-state index is -4.66. The maximum Gasteiger partial charge on any atom is 0.306 e. The van der Waals surface area contributed by atoms with Crippen molar-refractivity contribution in [1.82, 2.24) is 0 Å². The molecule has 0 amide bonds. The van der Waals surface area contributed by atoms with Crippen molar-refractivity contribution < 1.29 is 42.1 Å². The molecule has 10 heteroatoms. The number of allylic oxidation sites excluding steroid dienone is 22. The van der Waals surface area contributed by atoms with Gasteiger partial charge in [0.05, 0.1) is 27.7 Å². The predicted molar refractivity (Wildman–Crippen MR) is 332 cm³/mol. The number of quaternary nitrogens is 1. The molecule has 9 nitrogen and oxygen atoms in total. The maximum absolute atomic E-state index is 12.8. The molecule has 0 spiro atoms. The molecule has 2 unspecified atom stereocenters. The molecule has 2 atom stereocenters. The Morgan fingerprint density at radius 3 is 1.04 bits per heavy atom. The number of ether oxygens (including phenoxy) is 2. The molecule has 0 fully saturated rings. The van der Waals surface area contributed by atoms with Gasteiger partial charge in [-0.25, -0.2) is 0 Å². The van der Waals surface area contributed by atoms with Gasteiger partial charge in [-0.3, -0.25) is 14.2 Å². The normalized spacial score (nSPS) is 14.2. The Morgan fingerprint density at radius 2 is 0.692 bits per heavy atom. The van der Waals surface area contributed by atoms with Crippen molar-refractivity contribution in [2.45, 2.75) is 238 Å². The van der Waals surface area contributed by atoms with Gasteiger partial charge in [-0.15, -0.1) is 0 Å². The molecule has 0 bridgehead atoms. The molecule has 0 aromatic carbocycles. The van der Waals surface area contributed by atoms with Gasteiger partial charge in [0.15, 0.2) is 6.10 Å². The van der Waals surface area contributed by atoms with Crippen LogP contribution in [-0.4, -0.2) is 70.0 Å². The topological polar surface area (TPSA) is 111 Å². The fourth-order valence-corrected chi connectivity index (χ4v) is 8.71. The summed E-state index contributed by atoms with van der Waals surface area (Å²) in [7, 11) is 1.13. The second kappa shape index (κ2) is 57.8. The number of nitrogens with zero attached hydrogens (tertiary/aromatic N) is 1. The Bertz CT molecular complexity index is 1780. The van der Waals surface area contributed by atoms with Crippen LogP contribution >= 0.6 is 7.82 Å². The number of likely N-dealkylation sites (N-methyl/N-ethyl adjacent to an activating group) is 1. The summed E-state index contributed by atoms with van der Waals surface area (Å²) in [6.07, 6.45) is 83.6. The summed E-state index contributed by atoms with van der Waals surface area (Å²) < 4.78 is 34.2. The van der Waals surface area contributed by atoms with Crippen molar-refractivity contribution in [2.75, 3.05) is 47.5 Å². The molecule has 444 valence electrons. The lowest BCUT2D eigenvalue weighted by Gasteiger charge is -2.28. The van der Waals surface area contributed by atoms with Crippen LogP contribution in [-0.2, 0) is 32.7 Å². The van der Waals surface area contributed by atoms with Gasteiger partial charge in [0.2, 0.25) is 0 Å². The van der Waals surface area contributed by atoms with Crippen LogP contribution in [0.25, 0.3) is 0 Å². The van der Waals surface area contributed by atoms with Gasteiger partial charge < -0.3 is 27.9 Å². The molecular formula is C68H114NO8P. The molecule has 0 aromatic heterocycles. The molecule has 0 aliphatic carbocycles. The van der Waals surface area contributed by atoms with Crippen LogP contribution in [0.2, 0.25) is 0 Å². The number of phosphoric acid groups is 1. The van der Waals surface area contributed by atoms with E-state index in [0.29, 0.717) is 17.4 Å². The number of esters is 2. The van der Waals surface area contributed by atoms with Crippen LogP contribution in [0.1, 0.15) is 232 Å². The van der Waals surface area contributed by atoms with Gasteiger partial charge in [-0.1, -0.05) is 244 Å². The van der Waals surface area contributed by atoms with Crippen LogP contribution in [0.4, 0.5) is 0 Å². The largest absolute Gasteiger partial charge is 0.756 e. The SMILES string of the molecule is CC/C=C\C/C=C\C/C=C\C/C=C\C/C=C\C/C=C\C/C=C\CCCCCC(=O)OC(COC(=O)CCCCCCCCCCCCCCCCCC/C=C\C/C=C\C/C=C\C/C=C\CC)COP(=O)([O-])OCC[N+](C)(C)C. The van der Waals surface area contributed by atoms with Crippen LogP contribution in [0.15, 0.2) is 134 Å². The summed E-state index contributed by atoms with van der Waals surface area (Å²) in [5.74, 6) is -0.877. The number of carbonyl (C=O) groups is 2. The molecule has 78 heavy (non-hydrogen) atoms. The predicted octanol–water partition coefficient (Wildman–Crippen LogP) is 19.1. The molecule has 0 radical (unpaired) electrons. The summed E-state index contributed by atoms with van der Waals surface area (Å²) in [6.45, 7) is 3.97. The first-order valence-electron chi connectivity index (χ1n) is 30.9. The summed E-state index contributed by atoms with van der Waals surface area (Å²) in [5, 5.41) is 0. The number of carbonyl (C=O) groups excluding carboxylic acids is 2. The van der Waals surface area contributed by atoms with Crippen molar-refractivity contribution in [2.24, 2.45) is 0 Å². The maximum atomic E-state index is 12.8.